The second kappa shape index (κ2) is 8.99. The Kier molecular flexibility index (Phi) is 5.75. The lowest BCUT2D eigenvalue weighted by atomic mass is 10.1. The van der Waals surface area contributed by atoms with E-state index in [0.29, 0.717) is 15.8 Å². The van der Waals surface area contributed by atoms with E-state index >= 15 is 0 Å². The Bertz CT molecular complexity index is 1350. The Morgan fingerprint density at radius 1 is 0.844 bits per heavy atom. The molecule has 0 atom stereocenters. The molecule has 156 valence electrons. The Labute approximate surface area is 196 Å². The lowest BCUT2D eigenvalue weighted by Gasteiger charge is -2.14. The SMILES string of the molecule is O=C1/C(=C\c2ccccc2OCc2ccc3ccccc3c2)SC(=S)N1c1ccccc1. The fraction of sp³-hybridized carbons (Fsp3) is 0.0370. The molecular weight excluding hydrogens is 434 g/mol. The van der Waals surface area contributed by atoms with Crippen LogP contribution in [0.1, 0.15) is 11.1 Å². The molecule has 0 saturated carbocycles. The lowest BCUT2D eigenvalue weighted by Crippen LogP contribution is -2.27. The summed E-state index contributed by atoms with van der Waals surface area (Å²) in [4.78, 5) is 15.2. The summed E-state index contributed by atoms with van der Waals surface area (Å²) in [6.07, 6.45) is 1.86. The van der Waals surface area contributed by atoms with Crippen LogP contribution in [-0.4, -0.2) is 10.2 Å². The standard InChI is InChI=1S/C27H19NO2S2/c29-26-25(32-27(31)28(26)23-11-2-1-3-12-23)17-22-10-6-7-13-24(22)30-18-19-14-15-20-8-4-5-9-21(20)16-19/h1-17H,18H2/b25-17+. The van der Waals surface area contributed by atoms with Crippen molar-refractivity contribution in [3.05, 3.63) is 113 Å². The number of fused-ring (bicyclic) bond motifs is 1. The third-order valence-corrected chi connectivity index (χ3v) is 6.52. The molecule has 1 aliphatic rings. The minimum absolute atomic E-state index is 0.115. The molecule has 0 N–H and O–H groups in total. The highest BCUT2D eigenvalue weighted by atomic mass is 32.2. The van der Waals surface area contributed by atoms with Crippen LogP contribution in [-0.2, 0) is 11.4 Å². The van der Waals surface area contributed by atoms with Gasteiger partial charge in [0.25, 0.3) is 5.91 Å². The van der Waals surface area contributed by atoms with Gasteiger partial charge in [-0.2, -0.15) is 0 Å². The number of thioether (sulfide) groups is 1. The molecule has 32 heavy (non-hydrogen) atoms. The maximum atomic E-state index is 13.0. The van der Waals surface area contributed by atoms with Gasteiger partial charge in [0.05, 0.1) is 10.6 Å². The summed E-state index contributed by atoms with van der Waals surface area (Å²) in [6, 6.07) is 31.8. The van der Waals surface area contributed by atoms with Crippen molar-refractivity contribution >= 4 is 56.7 Å². The number of carbonyl (C=O) groups is 1. The van der Waals surface area contributed by atoms with E-state index in [1.165, 1.54) is 22.5 Å². The first-order chi connectivity index (χ1) is 15.7. The summed E-state index contributed by atoms with van der Waals surface area (Å²) < 4.78 is 6.67. The van der Waals surface area contributed by atoms with Gasteiger partial charge < -0.3 is 4.74 Å². The van der Waals surface area contributed by atoms with E-state index in [-0.39, 0.29) is 5.91 Å². The molecule has 0 aliphatic carbocycles. The zero-order valence-electron chi connectivity index (χ0n) is 17.1. The number of carbonyl (C=O) groups excluding carboxylic acids is 1. The van der Waals surface area contributed by atoms with Gasteiger partial charge >= 0.3 is 0 Å². The topological polar surface area (TPSA) is 29.5 Å². The molecule has 4 aromatic rings. The third kappa shape index (κ3) is 4.17. The van der Waals surface area contributed by atoms with Gasteiger partial charge in [0.1, 0.15) is 12.4 Å². The van der Waals surface area contributed by atoms with Crippen LogP contribution in [0.5, 0.6) is 5.75 Å². The first-order valence-corrected chi connectivity index (χ1v) is 11.4. The average Bonchev–Trinajstić information content (AvgIpc) is 3.11. The van der Waals surface area contributed by atoms with Gasteiger partial charge in [-0.3, -0.25) is 9.69 Å². The van der Waals surface area contributed by atoms with Crippen molar-refractivity contribution in [3.8, 4) is 5.75 Å². The van der Waals surface area contributed by atoms with Crippen LogP contribution in [0, 0.1) is 0 Å². The van der Waals surface area contributed by atoms with E-state index in [1.54, 1.807) is 4.90 Å². The molecule has 0 aromatic heterocycles. The molecule has 1 aliphatic heterocycles. The summed E-state index contributed by atoms with van der Waals surface area (Å²) >= 11 is 6.78. The monoisotopic (exact) mass is 453 g/mol. The van der Waals surface area contributed by atoms with Crippen LogP contribution in [0.15, 0.2) is 102 Å². The molecule has 0 bridgehead atoms. The summed E-state index contributed by atoms with van der Waals surface area (Å²) in [5.41, 5.74) is 2.72. The number of hydrogen-bond acceptors (Lipinski definition) is 4. The van der Waals surface area contributed by atoms with Crippen LogP contribution < -0.4 is 9.64 Å². The Balaban J connectivity index is 1.38. The van der Waals surface area contributed by atoms with Crippen molar-refractivity contribution < 1.29 is 9.53 Å². The molecule has 1 heterocycles. The fourth-order valence-corrected chi connectivity index (χ4v) is 4.92. The Hall–Kier alpha value is -3.41. The molecular formula is C27H19NO2S2. The molecule has 4 aromatic carbocycles. The van der Waals surface area contributed by atoms with E-state index in [0.717, 1.165) is 22.6 Å². The predicted molar refractivity (Wildman–Crippen MR) is 137 cm³/mol. The van der Waals surface area contributed by atoms with E-state index in [4.69, 9.17) is 17.0 Å². The van der Waals surface area contributed by atoms with Crippen molar-refractivity contribution in [1.82, 2.24) is 0 Å². The number of nitrogens with zero attached hydrogens (tertiary/aromatic N) is 1. The van der Waals surface area contributed by atoms with Crippen LogP contribution in [0.4, 0.5) is 5.69 Å². The molecule has 0 unspecified atom stereocenters. The highest BCUT2D eigenvalue weighted by molar-refractivity contribution is 8.27. The van der Waals surface area contributed by atoms with Crippen LogP contribution >= 0.6 is 24.0 Å². The van der Waals surface area contributed by atoms with Crippen molar-refractivity contribution in [2.24, 2.45) is 0 Å². The summed E-state index contributed by atoms with van der Waals surface area (Å²) in [5, 5.41) is 2.39. The predicted octanol–water partition coefficient (Wildman–Crippen LogP) is 6.82. The van der Waals surface area contributed by atoms with Crippen molar-refractivity contribution in [3.63, 3.8) is 0 Å². The maximum absolute atomic E-state index is 13.0. The second-order valence-electron chi connectivity index (χ2n) is 7.36. The fourth-order valence-electron chi connectivity index (χ4n) is 3.63. The quantitative estimate of drug-likeness (QED) is 0.245. The molecule has 1 saturated heterocycles. The Morgan fingerprint density at radius 3 is 2.41 bits per heavy atom. The summed E-state index contributed by atoms with van der Waals surface area (Å²) in [5.74, 6) is 0.612. The molecule has 1 fully saturated rings. The zero-order chi connectivity index (χ0) is 21.9. The maximum Gasteiger partial charge on any atom is 0.270 e. The molecule has 1 amide bonds. The molecule has 0 radical (unpaired) electrons. The van der Waals surface area contributed by atoms with E-state index in [2.05, 4.69) is 30.3 Å². The first kappa shape index (κ1) is 20.5. The summed E-state index contributed by atoms with van der Waals surface area (Å²) in [6.45, 7) is 0.445. The number of hydrogen-bond donors (Lipinski definition) is 0. The van der Waals surface area contributed by atoms with Gasteiger partial charge in [-0.05, 0) is 46.7 Å². The number of anilines is 1. The van der Waals surface area contributed by atoms with Gasteiger partial charge in [0.15, 0.2) is 4.32 Å². The molecule has 5 heteroatoms. The van der Waals surface area contributed by atoms with Crippen molar-refractivity contribution in [2.75, 3.05) is 4.90 Å². The van der Waals surface area contributed by atoms with E-state index in [9.17, 15) is 4.79 Å². The number of para-hydroxylation sites is 2. The van der Waals surface area contributed by atoms with Gasteiger partial charge in [-0.25, -0.2) is 0 Å². The van der Waals surface area contributed by atoms with Crippen LogP contribution in [0.25, 0.3) is 16.8 Å². The van der Waals surface area contributed by atoms with E-state index in [1.807, 2.05) is 72.8 Å². The normalized spacial score (nSPS) is 15.0. The van der Waals surface area contributed by atoms with Crippen LogP contribution in [0.2, 0.25) is 0 Å². The molecule has 3 nitrogen and oxygen atoms in total. The minimum atomic E-state index is -0.115. The molecule has 5 rings (SSSR count). The number of thiocarbonyl (C=S) groups is 1. The lowest BCUT2D eigenvalue weighted by molar-refractivity contribution is -0.113. The minimum Gasteiger partial charge on any atom is -0.488 e. The van der Waals surface area contributed by atoms with Crippen molar-refractivity contribution in [1.29, 1.82) is 0 Å². The summed E-state index contributed by atoms with van der Waals surface area (Å²) in [7, 11) is 0. The smallest absolute Gasteiger partial charge is 0.270 e. The van der Waals surface area contributed by atoms with Gasteiger partial charge in [-0.1, -0.05) is 96.8 Å². The third-order valence-electron chi connectivity index (χ3n) is 5.22. The number of ether oxygens (including phenoxy) is 1. The second-order valence-corrected chi connectivity index (χ2v) is 9.04. The molecule has 0 spiro atoms. The van der Waals surface area contributed by atoms with Gasteiger partial charge in [0.2, 0.25) is 0 Å². The Morgan fingerprint density at radius 2 is 1.56 bits per heavy atom. The largest absolute Gasteiger partial charge is 0.488 e. The van der Waals surface area contributed by atoms with Crippen LogP contribution in [0.3, 0.4) is 0 Å². The highest BCUT2D eigenvalue weighted by Gasteiger charge is 2.33. The van der Waals surface area contributed by atoms with Gasteiger partial charge in [-0.15, -0.1) is 0 Å². The van der Waals surface area contributed by atoms with Gasteiger partial charge in [0, 0.05) is 5.56 Å². The average molecular weight is 454 g/mol. The highest BCUT2D eigenvalue weighted by Crippen LogP contribution is 2.37. The number of benzene rings is 4. The number of amides is 1. The number of rotatable bonds is 5. The first-order valence-electron chi connectivity index (χ1n) is 10.2. The van der Waals surface area contributed by atoms with Crippen molar-refractivity contribution in [2.45, 2.75) is 6.61 Å². The zero-order valence-corrected chi connectivity index (χ0v) is 18.7. The van der Waals surface area contributed by atoms with E-state index < -0.39 is 0 Å².